The van der Waals surface area contributed by atoms with Crippen molar-refractivity contribution in [1.29, 1.82) is 0 Å². The minimum atomic E-state index is -5.08. The lowest BCUT2D eigenvalue weighted by molar-refractivity contribution is -0.192. The zero-order chi connectivity index (χ0) is 20.0. The fourth-order valence-electron chi connectivity index (χ4n) is 2.02. The maximum Gasteiger partial charge on any atom is 0.490 e. The Kier molecular flexibility index (Phi) is 7.54. The molecule has 0 bridgehead atoms. The number of nitrogens with one attached hydrogen (secondary N) is 1. The molecule has 2 N–H and O–H groups in total. The van der Waals surface area contributed by atoms with E-state index >= 15 is 0 Å². The molecular weight excluding hydrogens is 357 g/mol. The first-order valence-electron chi connectivity index (χ1n) is 7.99. The normalized spacial score (nSPS) is 15.8. The number of hydrogen-bond acceptors (Lipinski definition) is 6. The maximum absolute atomic E-state index is 11.7. The number of piperidine rings is 1. The van der Waals surface area contributed by atoms with Gasteiger partial charge in [-0.25, -0.2) is 9.48 Å². The molecule has 26 heavy (non-hydrogen) atoms. The molecule has 1 aromatic heterocycles. The highest BCUT2D eigenvalue weighted by molar-refractivity contribution is 5.75. The van der Waals surface area contributed by atoms with Crippen LogP contribution in [0.4, 0.5) is 13.2 Å². The van der Waals surface area contributed by atoms with Gasteiger partial charge in [-0.1, -0.05) is 5.21 Å². The highest BCUT2D eigenvalue weighted by Gasteiger charge is 2.38. The third-order valence-corrected chi connectivity index (χ3v) is 3.50. The van der Waals surface area contributed by atoms with Crippen LogP contribution < -0.4 is 5.32 Å². The molecular formula is C15H23F3N4O4. The van der Waals surface area contributed by atoms with Crippen LogP contribution in [0.1, 0.15) is 45.2 Å². The summed E-state index contributed by atoms with van der Waals surface area (Å²) in [5, 5.41) is 18.6. The first kappa shape index (κ1) is 21.9. The second-order valence-corrected chi connectivity index (χ2v) is 6.82. The molecule has 0 radical (unpaired) electrons. The number of alkyl halides is 3. The molecule has 1 aliphatic rings. The van der Waals surface area contributed by atoms with E-state index in [-0.39, 0.29) is 12.7 Å². The number of nitrogens with zero attached hydrogens (tertiary/aromatic N) is 3. The Morgan fingerprint density at radius 3 is 2.31 bits per heavy atom. The highest BCUT2D eigenvalue weighted by atomic mass is 19.4. The third-order valence-electron chi connectivity index (χ3n) is 3.50. The molecule has 0 aromatic carbocycles. The Morgan fingerprint density at radius 1 is 1.31 bits per heavy atom. The average molecular weight is 380 g/mol. The summed E-state index contributed by atoms with van der Waals surface area (Å²) in [5.74, 6) is -2.52. The summed E-state index contributed by atoms with van der Waals surface area (Å²) in [6.07, 6.45) is -1.03. The summed E-state index contributed by atoms with van der Waals surface area (Å²) in [7, 11) is 0. The highest BCUT2D eigenvalue weighted by Crippen LogP contribution is 2.22. The van der Waals surface area contributed by atoms with Crippen molar-refractivity contribution in [3.63, 3.8) is 0 Å². The topological polar surface area (TPSA) is 106 Å². The van der Waals surface area contributed by atoms with E-state index in [0.29, 0.717) is 5.92 Å². The first-order chi connectivity index (χ1) is 11.9. The van der Waals surface area contributed by atoms with Gasteiger partial charge in [0.2, 0.25) is 0 Å². The Bertz CT molecular complexity index is 605. The fraction of sp³-hybridized carbons (Fsp3) is 0.733. The zero-order valence-corrected chi connectivity index (χ0v) is 14.8. The standard InChI is InChI=1S/C13H22N4O2.C2HF3O2/c1-13(2,3)12(18)19-9-17-8-11(15-16-17)10-4-6-14-7-5-10;3-2(4,5)1(6)7/h8,10,14H,4-7,9H2,1-3H3;(H,6,7). The lowest BCUT2D eigenvalue weighted by Gasteiger charge is -2.20. The predicted octanol–water partition coefficient (Wildman–Crippen LogP) is 1.93. The number of carboxylic acid groups (broad SMARTS) is 1. The SMILES string of the molecule is CC(C)(C)C(=O)OCn1cc(C2CCNCC2)nn1.O=C(O)C(F)(F)F. The Morgan fingerprint density at radius 2 is 1.85 bits per heavy atom. The van der Waals surface area contributed by atoms with Gasteiger partial charge in [-0.15, -0.1) is 5.10 Å². The molecule has 0 spiro atoms. The number of esters is 1. The number of hydrogen-bond donors (Lipinski definition) is 2. The van der Waals surface area contributed by atoms with Crippen LogP contribution in [-0.4, -0.2) is 51.3 Å². The van der Waals surface area contributed by atoms with Crippen molar-refractivity contribution < 1.29 is 32.6 Å². The van der Waals surface area contributed by atoms with Gasteiger partial charge in [-0.3, -0.25) is 4.79 Å². The van der Waals surface area contributed by atoms with E-state index < -0.39 is 17.6 Å². The molecule has 1 aliphatic heterocycles. The van der Waals surface area contributed by atoms with Gasteiger partial charge in [0.1, 0.15) is 0 Å². The summed E-state index contributed by atoms with van der Waals surface area (Å²) >= 11 is 0. The molecule has 1 saturated heterocycles. The summed E-state index contributed by atoms with van der Waals surface area (Å²) in [5.41, 5.74) is 0.506. The van der Waals surface area contributed by atoms with Gasteiger partial charge in [0.25, 0.3) is 0 Å². The Labute approximate surface area is 148 Å². The van der Waals surface area contributed by atoms with Crippen LogP contribution in [0.15, 0.2) is 6.20 Å². The van der Waals surface area contributed by atoms with Gasteiger partial charge in [0, 0.05) is 5.92 Å². The molecule has 0 amide bonds. The van der Waals surface area contributed by atoms with E-state index in [1.165, 1.54) is 0 Å². The van der Waals surface area contributed by atoms with E-state index in [2.05, 4.69) is 15.6 Å². The second-order valence-electron chi connectivity index (χ2n) is 6.82. The van der Waals surface area contributed by atoms with Crippen LogP contribution in [0.2, 0.25) is 0 Å². The third kappa shape index (κ3) is 7.38. The Hall–Kier alpha value is -2.17. The molecule has 11 heteroatoms. The number of carbonyl (C=O) groups is 2. The molecule has 148 valence electrons. The van der Waals surface area contributed by atoms with E-state index in [1.807, 2.05) is 27.0 Å². The molecule has 0 unspecified atom stereocenters. The summed E-state index contributed by atoms with van der Waals surface area (Å²) in [4.78, 5) is 20.6. The number of aromatic nitrogens is 3. The van der Waals surface area contributed by atoms with E-state index in [1.54, 1.807) is 4.68 Å². The van der Waals surface area contributed by atoms with Crippen LogP contribution in [0.25, 0.3) is 0 Å². The molecule has 0 saturated carbocycles. The summed E-state index contributed by atoms with van der Waals surface area (Å²) in [6, 6.07) is 0. The van der Waals surface area contributed by atoms with Gasteiger partial charge in [-0.05, 0) is 46.7 Å². The number of rotatable bonds is 3. The van der Waals surface area contributed by atoms with Crippen LogP contribution in [0, 0.1) is 5.41 Å². The van der Waals surface area contributed by atoms with Crippen LogP contribution in [0.5, 0.6) is 0 Å². The molecule has 2 heterocycles. The quantitative estimate of drug-likeness (QED) is 0.772. The van der Waals surface area contributed by atoms with Crippen molar-refractivity contribution >= 4 is 11.9 Å². The van der Waals surface area contributed by atoms with Gasteiger partial charge in [0.15, 0.2) is 6.73 Å². The molecule has 8 nitrogen and oxygen atoms in total. The van der Waals surface area contributed by atoms with Crippen molar-refractivity contribution in [2.45, 2.75) is 52.4 Å². The largest absolute Gasteiger partial charge is 0.490 e. The minimum absolute atomic E-state index is 0.133. The van der Waals surface area contributed by atoms with Crippen molar-refractivity contribution in [3.05, 3.63) is 11.9 Å². The molecule has 2 rings (SSSR count). The smallest absolute Gasteiger partial charge is 0.475 e. The second kappa shape index (κ2) is 8.97. The number of carbonyl (C=O) groups excluding carboxylic acids is 1. The number of halogens is 3. The Balaban J connectivity index is 0.000000412. The first-order valence-corrected chi connectivity index (χ1v) is 7.99. The monoisotopic (exact) mass is 380 g/mol. The van der Waals surface area contributed by atoms with Gasteiger partial charge in [-0.2, -0.15) is 13.2 Å². The van der Waals surface area contributed by atoms with E-state index in [9.17, 15) is 18.0 Å². The van der Waals surface area contributed by atoms with Crippen LogP contribution in [0.3, 0.4) is 0 Å². The van der Waals surface area contributed by atoms with Crippen molar-refractivity contribution in [3.8, 4) is 0 Å². The average Bonchev–Trinajstić information content (AvgIpc) is 3.01. The molecule has 0 atom stereocenters. The van der Waals surface area contributed by atoms with E-state index in [0.717, 1.165) is 31.6 Å². The minimum Gasteiger partial charge on any atom is -0.475 e. The van der Waals surface area contributed by atoms with Crippen molar-refractivity contribution in [1.82, 2.24) is 20.3 Å². The molecule has 1 aromatic rings. The number of carboxylic acids is 1. The van der Waals surface area contributed by atoms with Crippen LogP contribution >= 0.6 is 0 Å². The van der Waals surface area contributed by atoms with Crippen LogP contribution in [-0.2, 0) is 21.1 Å². The molecule has 0 aliphatic carbocycles. The van der Waals surface area contributed by atoms with Gasteiger partial charge >= 0.3 is 18.1 Å². The number of ether oxygens (including phenoxy) is 1. The lowest BCUT2D eigenvalue weighted by Crippen LogP contribution is -2.26. The summed E-state index contributed by atoms with van der Waals surface area (Å²) in [6.45, 7) is 7.67. The van der Waals surface area contributed by atoms with Gasteiger partial charge in [0.05, 0.1) is 17.3 Å². The van der Waals surface area contributed by atoms with E-state index in [4.69, 9.17) is 14.6 Å². The predicted molar refractivity (Wildman–Crippen MR) is 84.1 cm³/mol. The number of aliphatic carboxylic acids is 1. The van der Waals surface area contributed by atoms with Crippen molar-refractivity contribution in [2.75, 3.05) is 13.1 Å². The van der Waals surface area contributed by atoms with Crippen molar-refractivity contribution in [2.24, 2.45) is 5.41 Å². The maximum atomic E-state index is 11.7. The fourth-order valence-corrected chi connectivity index (χ4v) is 2.02. The summed E-state index contributed by atoms with van der Waals surface area (Å²) < 4.78 is 38.5. The lowest BCUT2D eigenvalue weighted by atomic mass is 9.95. The van der Waals surface area contributed by atoms with Gasteiger partial charge < -0.3 is 15.2 Å². The zero-order valence-electron chi connectivity index (χ0n) is 14.8. The molecule has 1 fully saturated rings.